The van der Waals surface area contributed by atoms with Crippen LogP contribution >= 0.6 is 0 Å². The molecule has 2 fully saturated rings. The molecule has 3 atom stereocenters. The Labute approximate surface area is 97.7 Å². The first kappa shape index (κ1) is 12.0. The highest BCUT2D eigenvalue weighted by Crippen LogP contribution is 2.25. The molecule has 0 aliphatic carbocycles. The van der Waals surface area contributed by atoms with Gasteiger partial charge in [-0.1, -0.05) is 0 Å². The van der Waals surface area contributed by atoms with Crippen LogP contribution in [0.4, 0.5) is 0 Å². The number of ether oxygens (including phenoxy) is 1. The number of hydrogen-bond donors (Lipinski definition) is 2. The molecule has 2 heterocycles. The van der Waals surface area contributed by atoms with Crippen molar-refractivity contribution in [1.82, 2.24) is 10.2 Å². The lowest BCUT2D eigenvalue weighted by molar-refractivity contribution is -0.147. The first-order chi connectivity index (χ1) is 8.02. The Kier molecular flexibility index (Phi) is 3.12. The molecule has 3 unspecified atom stereocenters. The van der Waals surface area contributed by atoms with Gasteiger partial charge < -0.3 is 9.84 Å². The molecule has 2 aliphatic rings. The number of nitrogens with zero attached hydrogens (tertiary/aromatic N) is 1. The maximum atomic E-state index is 11.5. The van der Waals surface area contributed by atoms with Gasteiger partial charge in [-0.2, -0.15) is 0 Å². The summed E-state index contributed by atoms with van der Waals surface area (Å²) in [6.45, 7) is 0.200. The van der Waals surface area contributed by atoms with Crippen molar-refractivity contribution in [3.63, 3.8) is 0 Å². The summed E-state index contributed by atoms with van der Waals surface area (Å²) >= 11 is 0. The molecule has 2 aliphatic heterocycles. The second-order valence-electron chi connectivity index (χ2n) is 4.26. The van der Waals surface area contributed by atoms with E-state index in [2.05, 4.69) is 10.1 Å². The summed E-state index contributed by atoms with van der Waals surface area (Å²) in [5.74, 6) is -1.27. The molecule has 7 nitrogen and oxygen atoms in total. The van der Waals surface area contributed by atoms with E-state index in [1.807, 2.05) is 0 Å². The standard InChI is InChI=1S/C10H14N2O5/c1-17-10(16)7-2-5(13)4-12(7)6-3-8(14)11-9(6)15/h5-7,13H,2-4H2,1H3,(H,11,14,15). The molecule has 0 bridgehead atoms. The minimum absolute atomic E-state index is 0.0268. The molecule has 2 saturated heterocycles. The zero-order valence-electron chi connectivity index (χ0n) is 9.38. The average Bonchev–Trinajstić information content (AvgIpc) is 2.80. The van der Waals surface area contributed by atoms with Gasteiger partial charge in [0.1, 0.15) is 6.04 Å². The number of aliphatic hydroxyl groups excluding tert-OH is 1. The summed E-state index contributed by atoms with van der Waals surface area (Å²) in [7, 11) is 1.26. The molecule has 0 aromatic carbocycles. The number of likely N-dealkylation sites (tertiary alicyclic amines) is 1. The number of aliphatic hydroxyl groups is 1. The molecular weight excluding hydrogens is 228 g/mol. The van der Waals surface area contributed by atoms with Crippen LogP contribution in [0.15, 0.2) is 0 Å². The molecule has 0 aromatic heterocycles. The SMILES string of the molecule is COC(=O)C1CC(O)CN1C1CC(=O)NC1=O. The van der Waals surface area contributed by atoms with Crippen LogP contribution < -0.4 is 5.32 Å². The molecule has 17 heavy (non-hydrogen) atoms. The number of carbonyl (C=O) groups is 3. The van der Waals surface area contributed by atoms with Crippen LogP contribution in [-0.2, 0) is 19.1 Å². The van der Waals surface area contributed by atoms with Crippen molar-refractivity contribution < 1.29 is 24.2 Å². The topological polar surface area (TPSA) is 95.9 Å². The van der Waals surface area contributed by atoms with Crippen molar-refractivity contribution in [1.29, 1.82) is 0 Å². The fourth-order valence-corrected chi connectivity index (χ4v) is 2.36. The van der Waals surface area contributed by atoms with Gasteiger partial charge in [-0.15, -0.1) is 0 Å². The van der Waals surface area contributed by atoms with E-state index in [4.69, 9.17) is 0 Å². The zero-order chi connectivity index (χ0) is 12.6. The summed E-state index contributed by atoms with van der Waals surface area (Å²) in [6, 6.07) is -1.33. The molecule has 0 saturated carbocycles. The Hall–Kier alpha value is -1.47. The Balaban J connectivity index is 2.15. The van der Waals surface area contributed by atoms with E-state index < -0.39 is 30.1 Å². The fraction of sp³-hybridized carbons (Fsp3) is 0.700. The number of esters is 1. The van der Waals surface area contributed by atoms with E-state index in [0.717, 1.165) is 0 Å². The zero-order valence-corrected chi connectivity index (χ0v) is 9.38. The normalized spacial score (nSPS) is 33.9. The molecular formula is C10H14N2O5. The van der Waals surface area contributed by atoms with Crippen LogP contribution in [0.3, 0.4) is 0 Å². The predicted molar refractivity (Wildman–Crippen MR) is 54.7 cm³/mol. The van der Waals surface area contributed by atoms with Gasteiger partial charge in [0.05, 0.1) is 25.7 Å². The summed E-state index contributed by atoms with van der Waals surface area (Å²) in [4.78, 5) is 35.7. The quantitative estimate of drug-likeness (QED) is 0.430. The van der Waals surface area contributed by atoms with Crippen molar-refractivity contribution >= 4 is 17.8 Å². The third kappa shape index (κ3) is 2.16. The lowest BCUT2D eigenvalue weighted by atomic mass is 10.1. The van der Waals surface area contributed by atoms with E-state index in [9.17, 15) is 19.5 Å². The van der Waals surface area contributed by atoms with Crippen LogP contribution in [0.5, 0.6) is 0 Å². The van der Waals surface area contributed by atoms with Crippen molar-refractivity contribution in [2.75, 3.05) is 13.7 Å². The third-order valence-electron chi connectivity index (χ3n) is 3.13. The van der Waals surface area contributed by atoms with Crippen molar-refractivity contribution in [3.8, 4) is 0 Å². The third-order valence-corrected chi connectivity index (χ3v) is 3.13. The van der Waals surface area contributed by atoms with Gasteiger partial charge in [0, 0.05) is 13.0 Å². The van der Waals surface area contributed by atoms with E-state index in [0.29, 0.717) is 0 Å². The number of imide groups is 1. The van der Waals surface area contributed by atoms with Crippen LogP contribution in [0.1, 0.15) is 12.8 Å². The van der Waals surface area contributed by atoms with E-state index >= 15 is 0 Å². The highest BCUT2D eigenvalue weighted by Gasteiger charge is 2.46. The van der Waals surface area contributed by atoms with E-state index in [1.165, 1.54) is 12.0 Å². The largest absolute Gasteiger partial charge is 0.468 e. The molecule has 94 valence electrons. The average molecular weight is 242 g/mol. The summed E-state index contributed by atoms with van der Waals surface area (Å²) < 4.78 is 4.63. The van der Waals surface area contributed by atoms with E-state index in [-0.39, 0.29) is 25.3 Å². The Bertz CT molecular complexity index is 370. The summed E-state index contributed by atoms with van der Waals surface area (Å²) in [5.41, 5.74) is 0. The molecule has 7 heteroatoms. The molecule has 0 aromatic rings. The van der Waals surface area contributed by atoms with Gasteiger partial charge in [0.15, 0.2) is 0 Å². The Morgan fingerprint density at radius 3 is 2.76 bits per heavy atom. The van der Waals surface area contributed by atoms with Gasteiger partial charge in [-0.3, -0.25) is 24.6 Å². The molecule has 0 spiro atoms. The lowest BCUT2D eigenvalue weighted by Gasteiger charge is -2.25. The van der Waals surface area contributed by atoms with Crippen LogP contribution in [0.2, 0.25) is 0 Å². The maximum Gasteiger partial charge on any atom is 0.323 e. The van der Waals surface area contributed by atoms with Gasteiger partial charge >= 0.3 is 5.97 Å². The predicted octanol–water partition coefficient (Wildman–Crippen LogP) is -1.99. The molecule has 2 N–H and O–H groups in total. The lowest BCUT2D eigenvalue weighted by Crippen LogP contribution is -2.47. The minimum atomic E-state index is -0.678. The van der Waals surface area contributed by atoms with Gasteiger partial charge in [-0.05, 0) is 0 Å². The van der Waals surface area contributed by atoms with Crippen LogP contribution in [0.25, 0.3) is 0 Å². The first-order valence-corrected chi connectivity index (χ1v) is 5.38. The number of β-amino-alcohol motifs (C(OH)–C–C–N with tert-alkyl or cyclic N) is 1. The van der Waals surface area contributed by atoms with Gasteiger partial charge in [-0.25, -0.2) is 0 Å². The summed E-state index contributed by atoms with van der Waals surface area (Å²) in [6.07, 6.45) is -0.424. The molecule has 2 amide bonds. The first-order valence-electron chi connectivity index (χ1n) is 5.38. The number of hydrogen-bond acceptors (Lipinski definition) is 6. The monoisotopic (exact) mass is 242 g/mol. The van der Waals surface area contributed by atoms with Gasteiger partial charge in [0.2, 0.25) is 11.8 Å². The van der Waals surface area contributed by atoms with Gasteiger partial charge in [0.25, 0.3) is 0 Å². The number of methoxy groups -OCH3 is 1. The minimum Gasteiger partial charge on any atom is -0.468 e. The fourth-order valence-electron chi connectivity index (χ4n) is 2.36. The highest BCUT2D eigenvalue weighted by molar-refractivity contribution is 6.05. The van der Waals surface area contributed by atoms with Crippen molar-refractivity contribution in [3.05, 3.63) is 0 Å². The number of carbonyl (C=O) groups excluding carboxylic acids is 3. The number of nitrogens with one attached hydrogen (secondary N) is 1. The Morgan fingerprint density at radius 1 is 1.53 bits per heavy atom. The highest BCUT2D eigenvalue weighted by atomic mass is 16.5. The van der Waals surface area contributed by atoms with Crippen LogP contribution in [0, 0.1) is 0 Å². The molecule has 2 rings (SSSR count). The second-order valence-corrected chi connectivity index (χ2v) is 4.26. The Morgan fingerprint density at radius 2 is 2.24 bits per heavy atom. The van der Waals surface area contributed by atoms with Crippen molar-refractivity contribution in [2.24, 2.45) is 0 Å². The van der Waals surface area contributed by atoms with E-state index in [1.54, 1.807) is 0 Å². The summed E-state index contributed by atoms with van der Waals surface area (Å²) in [5, 5.41) is 11.7. The van der Waals surface area contributed by atoms with Crippen LogP contribution in [-0.4, -0.2) is 59.6 Å². The second kappa shape index (κ2) is 4.42. The smallest absolute Gasteiger partial charge is 0.323 e. The maximum absolute atomic E-state index is 11.5. The molecule has 0 radical (unpaired) electrons. The number of rotatable bonds is 2. The number of amides is 2. The van der Waals surface area contributed by atoms with Crippen molar-refractivity contribution in [2.45, 2.75) is 31.0 Å².